The van der Waals surface area contributed by atoms with Crippen LogP contribution in [0.25, 0.3) is 0 Å². The molecule has 0 bridgehead atoms. The van der Waals surface area contributed by atoms with Crippen LogP contribution in [-0.4, -0.2) is 66.4 Å². The molecule has 0 aromatic heterocycles. The van der Waals surface area contributed by atoms with E-state index >= 15 is 0 Å². The van der Waals surface area contributed by atoms with Gasteiger partial charge in [0.1, 0.15) is 0 Å². The lowest BCUT2D eigenvalue weighted by Gasteiger charge is -2.21. The molecule has 0 atom stereocenters. The molecule has 0 aliphatic carbocycles. The number of thiocarbonyl (C=S) groups is 1. The highest BCUT2D eigenvalue weighted by atomic mass is 32.1. The van der Waals surface area contributed by atoms with Gasteiger partial charge in [0.2, 0.25) is 11.8 Å². The molecule has 0 aromatic rings. The highest BCUT2D eigenvalue weighted by molar-refractivity contribution is 7.80. The molecule has 1 aliphatic heterocycles. The Morgan fingerprint density at radius 3 is 2.95 bits per heavy atom. The Hall–Kier alpha value is -1.21. The Balaban J connectivity index is 2.28. The maximum Gasteiger partial charge on any atom is 0.234 e. The second kappa shape index (κ2) is 8.06. The SMILES string of the molecule is CN(CCC(N)=S)C(=O)CCN1CCCNC(=O)C1. The van der Waals surface area contributed by atoms with Gasteiger partial charge in [-0.3, -0.25) is 14.5 Å². The number of amides is 2. The van der Waals surface area contributed by atoms with E-state index in [9.17, 15) is 9.59 Å². The van der Waals surface area contributed by atoms with Gasteiger partial charge in [0, 0.05) is 46.1 Å². The zero-order valence-electron chi connectivity index (χ0n) is 11.4. The van der Waals surface area contributed by atoms with Crippen LogP contribution in [0, 0.1) is 0 Å². The molecule has 1 aliphatic rings. The Bertz CT molecular complexity index is 349. The minimum absolute atomic E-state index is 0.0341. The standard InChI is InChI=1S/C12H22N4O2S/c1-15(7-3-10(13)19)12(18)4-8-16-6-2-5-14-11(17)9-16/h2-9H2,1H3,(H2,13,19)(H,14,17). The Morgan fingerprint density at radius 1 is 1.53 bits per heavy atom. The number of rotatable bonds is 6. The average Bonchev–Trinajstić information content (AvgIpc) is 2.57. The van der Waals surface area contributed by atoms with Crippen molar-refractivity contribution in [3.05, 3.63) is 0 Å². The first-order valence-corrected chi connectivity index (χ1v) is 6.91. The molecule has 0 aromatic carbocycles. The third-order valence-electron chi connectivity index (χ3n) is 3.10. The van der Waals surface area contributed by atoms with Gasteiger partial charge in [0.25, 0.3) is 0 Å². The molecule has 1 heterocycles. The van der Waals surface area contributed by atoms with E-state index in [0.29, 0.717) is 37.5 Å². The van der Waals surface area contributed by atoms with Gasteiger partial charge in [-0.15, -0.1) is 0 Å². The van der Waals surface area contributed by atoms with Gasteiger partial charge in [-0.05, 0) is 6.42 Å². The number of carbonyl (C=O) groups excluding carboxylic acids is 2. The summed E-state index contributed by atoms with van der Waals surface area (Å²) in [7, 11) is 1.75. The summed E-state index contributed by atoms with van der Waals surface area (Å²) in [4.78, 5) is 27.3. The molecular formula is C12H22N4O2S. The number of hydrogen-bond donors (Lipinski definition) is 2. The van der Waals surface area contributed by atoms with Crippen molar-refractivity contribution in [1.29, 1.82) is 0 Å². The lowest BCUT2D eigenvalue weighted by atomic mass is 10.3. The maximum atomic E-state index is 11.9. The van der Waals surface area contributed by atoms with Crippen LogP contribution in [-0.2, 0) is 9.59 Å². The zero-order chi connectivity index (χ0) is 14.3. The molecule has 0 radical (unpaired) electrons. The number of nitrogens with zero attached hydrogens (tertiary/aromatic N) is 2. The average molecular weight is 286 g/mol. The predicted molar refractivity (Wildman–Crippen MR) is 77.7 cm³/mol. The quantitative estimate of drug-likeness (QED) is 0.633. The summed E-state index contributed by atoms with van der Waals surface area (Å²) in [6, 6.07) is 0. The van der Waals surface area contributed by atoms with Gasteiger partial charge in [0.05, 0.1) is 11.5 Å². The summed E-state index contributed by atoms with van der Waals surface area (Å²) in [6.07, 6.45) is 1.89. The van der Waals surface area contributed by atoms with Crippen LogP contribution in [0.1, 0.15) is 19.3 Å². The highest BCUT2D eigenvalue weighted by Crippen LogP contribution is 2.00. The first kappa shape index (κ1) is 15.8. The molecule has 108 valence electrons. The number of nitrogens with one attached hydrogen (secondary N) is 1. The highest BCUT2D eigenvalue weighted by Gasteiger charge is 2.16. The molecule has 0 spiro atoms. The molecular weight excluding hydrogens is 264 g/mol. The topological polar surface area (TPSA) is 78.7 Å². The summed E-state index contributed by atoms with van der Waals surface area (Å²) in [5.74, 6) is 0.0905. The van der Waals surface area contributed by atoms with E-state index in [-0.39, 0.29) is 11.8 Å². The van der Waals surface area contributed by atoms with E-state index in [1.165, 1.54) is 0 Å². The fourth-order valence-corrected chi connectivity index (χ4v) is 2.00. The number of hydrogen-bond acceptors (Lipinski definition) is 4. The van der Waals surface area contributed by atoms with Gasteiger partial charge in [-0.1, -0.05) is 12.2 Å². The van der Waals surface area contributed by atoms with Crippen LogP contribution in [0.4, 0.5) is 0 Å². The van der Waals surface area contributed by atoms with Crippen LogP contribution in [0.3, 0.4) is 0 Å². The van der Waals surface area contributed by atoms with E-state index in [4.69, 9.17) is 18.0 Å². The van der Waals surface area contributed by atoms with E-state index < -0.39 is 0 Å². The molecule has 3 N–H and O–H groups in total. The molecule has 19 heavy (non-hydrogen) atoms. The molecule has 1 rings (SSSR count). The van der Waals surface area contributed by atoms with Crippen molar-refractivity contribution < 1.29 is 9.59 Å². The van der Waals surface area contributed by atoms with E-state index in [1.54, 1.807) is 11.9 Å². The summed E-state index contributed by atoms with van der Waals surface area (Å²) in [5, 5.41) is 2.81. The molecule has 7 heteroatoms. The Kier molecular flexibility index (Phi) is 6.72. The van der Waals surface area contributed by atoms with Crippen LogP contribution in [0.5, 0.6) is 0 Å². The van der Waals surface area contributed by atoms with Crippen LogP contribution in [0.2, 0.25) is 0 Å². The van der Waals surface area contributed by atoms with Crippen molar-refractivity contribution in [1.82, 2.24) is 15.1 Å². The van der Waals surface area contributed by atoms with Crippen molar-refractivity contribution in [3.63, 3.8) is 0 Å². The normalized spacial score (nSPS) is 16.6. The van der Waals surface area contributed by atoms with Crippen molar-refractivity contribution in [2.24, 2.45) is 5.73 Å². The van der Waals surface area contributed by atoms with Gasteiger partial charge in [0.15, 0.2) is 0 Å². The van der Waals surface area contributed by atoms with Crippen molar-refractivity contribution in [3.8, 4) is 0 Å². The van der Waals surface area contributed by atoms with Crippen molar-refractivity contribution >= 4 is 29.0 Å². The Morgan fingerprint density at radius 2 is 2.26 bits per heavy atom. The molecule has 0 unspecified atom stereocenters. The fourth-order valence-electron chi connectivity index (χ4n) is 1.91. The summed E-state index contributed by atoms with van der Waals surface area (Å²) < 4.78 is 0. The van der Waals surface area contributed by atoms with Gasteiger partial charge in [-0.2, -0.15) is 0 Å². The van der Waals surface area contributed by atoms with E-state index in [0.717, 1.165) is 19.5 Å². The fraction of sp³-hybridized carbons (Fsp3) is 0.750. The van der Waals surface area contributed by atoms with Crippen LogP contribution < -0.4 is 11.1 Å². The summed E-state index contributed by atoms with van der Waals surface area (Å²) in [6.45, 7) is 3.11. The van der Waals surface area contributed by atoms with E-state index in [1.807, 2.05) is 4.90 Å². The van der Waals surface area contributed by atoms with Gasteiger partial charge in [-0.25, -0.2) is 0 Å². The van der Waals surface area contributed by atoms with Gasteiger partial charge < -0.3 is 16.0 Å². The smallest absolute Gasteiger partial charge is 0.234 e. The number of nitrogens with two attached hydrogens (primary N) is 1. The molecule has 1 fully saturated rings. The lowest BCUT2D eigenvalue weighted by Crippen LogP contribution is -2.37. The lowest BCUT2D eigenvalue weighted by molar-refractivity contribution is -0.130. The molecule has 0 saturated carbocycles. The van der Waals surface area contributed by atoms with Crippen LogP contribution in [0.15, 0.2) is 0 Å². The van der Waals surface area contributed by atoms with Crippen LogP contribution >= 0.6 is 12.2 Å². The third kappa shape index (κ3) is 6.49. The molecule has 2 amide bonds. The second-order valence-electron chi connectivity index (χ2n) is 4.76. The minimum atomic E-state index is 0.0341. The third-order valence-corrected chi connectivity index (χ3v) is 3.31. The number of carbonyl (C=O) groups is 2. The minimum Gasteiger partial charge on any atom is -0.393 e. The summed E-state index contributed by atoms with van der Waals surface area (Å²) >= 11 is 4.78. The van der Waals surface area contributed by atoms with Crippen molar-refractivity contribution in [2.75, 3.05) is 39.8 Å². The monoisotopic (exact) mass is 286 g/mol. The summed E-state index contributed by atoms with van der Waals surface area (Å²) in [5.41, 5.74) is 5.41. The first-order valence-electron chi connectivity index (χ1n) is 6.50. The zero-order valence-corrected chi connectivity index (χ0v) is 12.2. The first-order chi connectivity index (χ1) is 8.99. The largest absolute Gasteiger partial charge is 0.393 e. The maximum absolute atomic E-state index is 11.9. The van der Waals surface area contributed by atoms with Gasteiger partial charge >= 0.3 is 0 Å². The van der Waals surface area contributed by atoms with E-state index in [2.05, 4.69) is 5.32 Å². The molecule has 1 saturated heterocycles. The molecule has 6 nitrogen and oxygen atoms in total. The predicted octanol–water partition coefficient (Wildman–Crippen LogP) is -0.667. The van der Waals surface area contributed by atoms with Crippen molar-refractivity contribution in [2.45, 2.75) is 19.3 Å². The second-order valence-corrected chi connectivity index (χ2v) is 5.29. The Labute approximate surface area is 119 Å².